The molecule has 0 saturated heterocycles. The summed E-state index contributed by atoms with van der Waals surface area (Å²) in [6.07, 6.45) is 0. The number of rotatable bonds is 3. The molecule has 1 heterocycles. The standard InChI is InChI=1S/C14H14ClNOS/c1-9-10(2)18-8-13(9)14(17)16-7-11-3-5-12(15)6-4-11/h3-6,8H,7H2,1-2H3,(H,16,17). The Balaban J connectivity index is 2.00. The summed E-state index contributed by atoms with van der Waals surface area (Å²) in [5, 5.41) is 5.52. The van der Waals surface area contributed by atoms with Gasteiger partial charge < -0.3 is 5.32 Å². The molecule has 0 saturated carbocycles. The van der Waals surface area contributed by atoms with E-state index < -0.39 is 0 Å². The topological polar surface area (TPSA) is 29.1 Å². The fraction of sp³-hybridized carbons (Fsp3) is 0.214. The van der Waals surface area contributed by atoms with Crippen molar-refractivity contribution in [2.75, 3.05) is 0 Å². The van der Waals surface area contributed by atoms with Crippen LogP contribution >= 0.6 is 22.9 Å². The van der Waals surface area contributed by atoms with Crippen LogP contribution in [-0.4, -0.2) is 5.91 Å². The maximum absolute atomic E-state index is 12.0. The van der Waals surface area contributed by atoms with Crippen LogP contribution in [0, 0.1) is 13.8 Å². The molecule has 94 valence electrons. The monoisotopic (exact) mass is 279 g/mol. The summed E-state index contributed by atoms with van der Waals surface area (Å²) < 4.78 is 0. The molecular weight excluding hydrogens is 266 g/mol. The van der Waals surface area contributed by atoms with Crippen LogP contribution in [0.3, 0.4) is 0 Å². The second-order valence-corrected chi connectivity index (χ2v) is 5.66. The minimum absolute atomic E-state index is 0.0215. The molecular formula is C14H14ClNOS. The summed E-state index contributed by atoms with van der Waals surface area (Å²) in [6, 6.07) is 7.47. The Hall–Kier alpha value is -1.32. The molecule has 1 aromatic carbocycles. The molecule has 2 aromatic rings. The van der Waals surface area contributed by atoms with Gasteiger partial charge in [-0.2, -0.15) is 0 Å². The van der Waals surface area contributed by atoms with E-state index in [-0.39, 0.29) is 5.91 Å². The number of benzene rings is 1. The molecule has 4 heteroatoms. The van der Waals surface area contributed by atoms with Gasteiger partial charge >= 0.3 is 0 Å². The Morgan fingerprint density at radius 2 is 1.94 bits per heavy atom. The molecule has 0 fully saturated rings. The molecule has 1 N–H and O–H groups in total. The minimum atomic E-state index is -0.0215. The highest BCUT2D eigenvalue weighted by Crippen LogP contribution is 2.20. The number of hydrogen-bond acceptors (Lipinski definition) is 2. The lowest BCUT2D eigenvalue weighted by molar-refractivity contribution is 0.0950. The Labute approximate surface area is 116 Å². The molecule has 2 rings (SSSR count). The first kappa shape index (κ1) is 13.1. The van der Waals surface area contributed by atoms with Crippen LogP contribution in [0.5, 0.6) is 0 Å². The number of amides is 1. The zero-order valence-corrected chi connectivity index (χ0v) is 11.9. The van der Waals surface area contributed by atoms with E-state index in [1.54, 1.807) is 11.3 Å². The SMILES string of the molecule is Cc1scc(C(=O)NCc2ccc(Cl)cc2)c1C. The fourth-order valence-corrected chi connectivity index (χ4v) is 2.61. The van der Waals surface area contributed by atoms with Gasteiger partial charge in [-0.3, -0.25) is 4.79 Å². The summed E-state index contributed by atoms with van der Waals surface area (Å²) in [4.78, 5) is 13.2. The van der Waals surface area contributed by atoms with Crippen LogP contribution in [0.25, 0.3) is 0 Å². The van der Waals surface area contributed by atoms with E-state index in [0.29, 0.717) is 11.6 Å². The van der Waals surface area contributed by atoms with Crippen molar-refractivity contribution in [1.82, 2.24) is 5.32 Å². The van der Waals surface area contributed by atoms with E-state index >= 15 is 0 Å². The van der Waals surface area contributed by atoms with Crippen LogP contribution in [0.1, 0.15) is 26.4 Å². The van der Waals surface area contributed by atoms with Gasteiger partial charge in [0.15, 0.2) is 0 Å². The summed E-state index contributed by atoms with van der Waals surface area (Å²) >= 11 is 7.41. The maximum atomic E-state index is 12.0. The van der Waals surface area contributed by atoms with Gasteiger partial charge in [-0.25, -0.2) is 0 Å². The Kier molecular flexibility index (Phi) is 4.04. The molecule has 0 radical (unpaired) electrons. The molecule has 1 aromatic heterocycles. The Bertz CT molecular complexity index is 560. The Morgan fingerprint density at radius 3 is 2.50 bits per heavy atom. The van der Waals surface area contributed by atoms with Gasteiger partial charge in [-0.1, -0.05) is 23.7 Å². The molecule has 0 aliphatic carbocycles. The number of thiophene rings is 1. The quantitative estimate of drug-likeness (QED) is 0.906. The van der Waals surface area contributed by atoms with E-state index in [4.69, 9.17) is 11.6 Å². The number of hydrogen-bond donors (Lipinski definition) is 1. The number of carbonyl (C=O) groups is 1. The predicted molar refractivity (Wildman–Crippen MR) is 76.4 cm³/mol. The zero-order valence-electron chi connectivity index (χ0n) is 10.3. The van der Waals surface area contributed by atoms with E-state index in [0.717, 1.165) is 16.7 Å². The van der Waals surface area contributed by atoms with Gasteiger partial charge in [-0.05, 0) is 37.1 Å². The Morgan fingerprint density at radius 1 is 1.28 bits per heavy atom. The van der Waals surface area contributed by atoms with Gasteiger partial charge in [0.2, 0.25) is 0 Å². The number of nitrogens with one attached hydrogen (secondary N) is 1. The minimum Gasteiger partial charge on any atom is -0.348 e. The van der Waals surface area contributed by atoms with Crippen LogP contribution in [0.15, 0.2) is 29.6 Å². The maximum Gasteiger partial charge on any atom is 0.252 e. The highest BCUT2D eigenvalue weighted by atomic mass is 35.5. The van der Waals surface area contributed by atoms with Gasteiger partial charge in [0, 0.05) is 21.8 Å². The molecule has 1 amide bonds. The third kappa shape index (κ3) is 2.92. The lowest BCUT2D eigenvalue weighted by Crippen LogP contribution is -2.22. The van der Waals surface area contributed by atoms with Crippen LogP contribution in [0.2, 0.25) is 5.02 Å². The highest BCUT2D eigenvalue weighted by Gasteiger charge is 2.11. The second-order valence-electron chi connectivity index (χ2n) is 4.14. The van der Waals surface area contributed by atoms with Crippen molar-refractivity contribution in [1.29, 1.82) is 0 Å². The first-order valence-corrected chi connectivity index (χ1v) is 6.91. The van der Waals surface area contributed by atoms with Crippen molar-refractivity contribution in [3.8, 4) is 0 Å². The first-order chi connectivity index (χ1) is 8.58. The zero-order chi connectivity index (χ0) is 13.1. The summed E-state index contributed by atoms with van der Waals surface area (Å²) in [6.45, 7) is 4.52. The average molecular weight is 280 g/mol. The highest BCUT2D eigenvalue weighted by molar-refractivity contribution is 7.10. The average Bonchev–Trinajstić information content (AvgIpc) is 2.69. The van der Waals surface area contributed by atoms with Crippen LogP contribution < -0.4 is 5.32 Å². The van der Waals surface area contributed by atoms with Crippen molar-refractivity contribution in [3.63, 3.8) is 0 Å². The molecule has 0 aliphatic heterocycles. The first-order valence-electron chi connectivity index (χ1n) is 5.65. The molecule has 0 atom stereocenters. The van der Waals surface area contributed by atoms with Crippen LogP contribution in [-0.2, 0) is 6.54 Å². The fourth-order valence-electron chi connectivity index (χ4n) is 1.62. The molecule has 2 nitrogen and oxygen atoms in total. The van der Waals surface area contributed by atoms with Crippen molar-refractivity contribution in [3.05, 3.63) is 56.2 Å². The third-order valence-electron chi connectivity index (χ3n) is 2.90. The predicted octanol–water partition coefficient (Wildman–Crippen LogP) is 3.95. The second kappa shape index (κ2) is 5.55. The number of carbonyl (C=O) groups excluding carboxylic acids is 1. The molecule has 0 aliphatic rings. The lowest BCUT2D eigenvalue weighted by Gasteiger charge is -2.05. The molecule has 0 spiro atoms. The molecule has 0 unspecified atom stereocenters. The lowest BCUT2D eigenvalue weighted by atomic mass is 10.1. The van der Waals surface area contributed by atoms with E-state index in [1.807, 2.05) is 43.5 Å². The van der Waals surface area contributed by atoms with Crippen molar-refractivity contribution >= 4 is 28.8 Å². The van der Waals surface area contributed by atoms with Crippen molar-refractivity contribution < 1.29 is 4.79 Å². The van der Waals surface area contributed by atoms with Gasteiger partial charge in [0.1, 0.15) is 0 Å². The smallest absolute Gasteiger partial charge is 0.252 e. The van der Waals surface area contributed by atoms with Crippen molar-refractivity contribution in [2.24, 2.45) is 0 Å². The molecule has 18 heavy (non-hydrogen) atoms. The normalized spacial score (nSPS) is 10.4. The van der Waals surface area contributed by atoms with E-state index in [9.17, 15) is 4.79 Å². The molecule has 0 bridgehead atoms. The van der Waals surface area contributed by atoms with Crippen molar-refractivity contribution in [2.45, 2.75) is 20.4 Å². The summed E-state index contributed by atoms with van der Waals surface area (Å²) in [5.41, 5.74) is 2.87. The number of aryl methyl sites for hydroxylation is 1. The number of halogens is 1. The largest absolute Gasteiger partial charge is 0.348 e. The summed E-state index contributed by atoms with van der Waals surface area (Å²) in [7, 11) is 0. The van der Waals surface area contributed by atoms with Crippen LogP contribution in [0.4, 0.5) is 0 Å². The van der Waals surface area contributed by atoms with Gasteiger partial charge in [0.25, 0.3) is 5.91 Å². The van der Waals surface area contributed by atoms with E-state index in [1.165, 1.54) is 4.88 Å². The van der Waals surface area contributed by atoms with Gasteiger partial charge in [-0.15, -0.1) is 11.3 Å². The van der Waals surface area contributed by atoms with Gasteiger partial charge in [0.05, 0.1) is 5.56 Å². The van der Waals surface area contributed by atoms with E-state index in [2.05, 4.69) is 5.32 Å². The third-order valence-corrected chi connectivity index (χ3v) is 4.16. The summed E-state index contributed by atoms with van der Waals surface area (Å²) in [5.74, 6) is -0.0215.